The summed E-state index contributed by atoms with van der Waals surface area (Å²) in [5.41, 5.74) is 2.70. The predicted octanol–water partition coefficient (Wildman–Crippen LogP) is 3.14. The van der Waals surface area contributed by atoms with Crippen molar-refractivity contribution in [1.29, 1.82) is 0 Å². The molecule has 134 valence electrons. The Morgan fingerprint density at radius 2 is 2.08 bits per heavy atom. The lowest BCUT2D eigenvalue weighted by Gasteiger charge is -2.33. The zero-order chi connectivity index (χ0) is 17.4. The van der Waals surface area contributed by atoms with Crippen molar-refractivity contribution < 1.29 is 0 Å². The number of guanidine groups is 1. The number of piperidine rings is 1. The van der Waals surface area contributed by atoms with Crippen LogP contribution in [0.2, 0.25) is 0 Å². The topological polar surface area (TPSA) is 39.7 Å². The SMILES string of the molecule is CCCN1CCC(NC(=NC)NCC(C)c2cccc(C)c2)CC1. The molecular formula is C20H34N4. The van der Waals surface area contributed by atoms with E-state index in [0.29, 0.717) is 12.0 Å². The largest absolute Gasteiger partial charge is 0.356 e. The van der Waals surface area contributed by atoms with Crippen LogP contribution in [0, 0.1) is 6.92 Å². The second-order valence-electron chi connectivity index (χ2n) is 7.03. The quantitative estimate of drug-likeness (QED) is 0.622. The Kier molecular flexibility index (Phi) is 7.57. The average Bonchev–Trinajstić information content (AvgIpc) is 2.60. The normalized spacial score (nSPS) is 18.4. The summed E-state index contributed by atoms with van der Waals surface area (Å²) in [6, 6.07) is 9.30. The third kappa shape index (κ3) is 5.82. The Bertz CT molecular complexity index is 518. The third-order valence-electron chi connectivity index (χ3n) is 4.88. The second kappa shape index (κ2) is 9.67. The van der Waals surface area contributed by atoms with Crippen LogP contribution in [0.5, 0.6) is 0 Å². The number of likely N-dealkylation sites (tertiary alicyclic amines) is 1. The van der Waals surface area contributed by atoms with Crippen LogP contribution in [0.3, 0.4) is 0 Å². The molecule has 1 aromatic rings. The van der Waals surface area contributed by atoms with Gasteiger partial charge < -0.3 is 15.5 Å². The standard InChI is InChI=1S/C20H34N4/c1-5-11-24-12-9-19(10-13-24)23-20(21-4)22-15-17(3)18-8-6-7-16(2)14-18/h6-8,14,17,19H,5,9-13,15H2,1-4H3,(H2,21,22,23). The molecule has 0 amide bonds. The molecule has 1 aliphatic heterocycles. The number of benzene rings is 1. The van der Waals surface area contributed by atoms with Gasteiger partial charge in [0.05, 0.1) is 0 Å². The van der Waals surface area contributed by atoms with Crippen LogP contribution in [0.15, 0.2) is 29.3 Å². The lowest BCUT2D eigenvalue weighted by atomic mass is 9.99. The van der Waals surface area contributed by atoms with Crippen LogP contribution in [0.25, 0.3) is 0 Å². The summed E-state index contributed by atoms with van der Waals surface area (Å²) < 4.78 is 0. The number of nitrogens with one attached hydrogen (secondary N) is 2. The molecule has 4 heteroatoms. The Balaban J connectivity index is 1.77. The summed E-state index contributed by atoms with van der Waals surface area (Å²) >= 11 is 0. The summed E-state index contributed by atoms with van der Waals surface area (Å²) in [6.45, 7) is 11.2. The van der Waals surface area contributed by atoms with Crippen molar-refractivity contribution in [2.24, 2.45) is 4.99 Å². The molecule has 1 heterocycles. The maximum atomic E-state index is 4.40. The van der Waals surface area contributed by atoms with E-state index >= 15 is 0 Å². The molecule has 1 aliphatic rings. The van der Waals surface area contributed by atoms with E-state index in [9.17, 15) is 0 Å². The number of nitrogens with zero attached hydrogens (tertiary/aromatic N) is 2. The van der Waals surface area contributed by atoms with Gasteiger partial charge in [-0.3, -0.25) is 4.99 Å². The van der Waals surface area contributed by atoms with E-state index in [1.807, 2.05) is 7.05 Å². The zero-order valence-electron chi connectivity index (χ0n) is 15.8. The predicted molar refractivity (Wildman–Crippen MR) is 104 cm³/mol. The molecule has 1 atom stereocenters. The summed E-state index contributed by atoms with van der Waals surface area (Å²) in [5, 5.41) is 7.09. The highest BCUT2D eigenvalue weighted by atomic mass is 15.2. The van der Waals surface area contributed by atoms with Crippen LogP contribution in [0.1, 0.15) is 50.2 Å². The van der Waals surface area contributed by atoms with Crippen LogP contribution in [0.4, 0.5) is 0 Å². The summed E-state index contributed by atoms with van der Waals surface area (Å²) in [5.74, 6) is 1.40. The van der Waals surface area contributed by atoms with Gasteiger partial charge in [0, 0.05) is 32.7 Å². The fraction of sp³-hybridized carbons (Fsp3) is 0.650. The van der Waals surface area contributed by atoms with Gasteiger partial charge >= 0.3 is 0 Å². The van der Waals surface area contributed by atoms with Gasteiger partial charge in [-0.25, -0.2) is 0 Å². The molecule has 2 rings (SSSR count). The van der Waals surface area contributed by atoms with Gasteiger partial charge in [-0.1, -0.05) is 43.7 Å². The number of rotatable bonds is 6. The molecule has 1 fully saturated rings. The molecule has 1 saturated heterocycles. The van der Waals surface area contributed by atoms with Crippen molar-refractivity contribution in [3.8, 4) is 0 Å². The van der Waals surface area contributed by atoms with Crippen molar-refractivity contribution in [3.63, 3.8) is 0 Å². The summed E-state index contributed by atoms with van der Waals surface area (Å²) in [7, 11) is 1.86. The first-order chi connectivity index (χ1) is 11.6. The Morgan fingerprint density at radius 3 is 2.71 bits per heavy atom. The molecule has 0 bridgehead atoms. The molecule has 0 aliphatic carbocycles. The third-order valence-corrected chi connectivity index (χ3v) is 4.88. The van der Waals surface area contributed by atoms with Gasteiger partial charge in [-0.05, 0) is 44.2 Å². The monoisotopic (exact) mass is 330 g/mol. The van der Waals surface area contributed by atoms with E-state index in [1.54, 1.807) is 0 Å². The number of aryl methyl sites for hydroxylation is 1. The Morgan fingerprint density at radius 1 is 1.33 bits per heavy atom. The van der Waals surface area contributed by atoms with Crippen LogP contribution in [-0.4, -0.2) is 50.1 Å². The maximum Gasteiger partial charge on any atom is 0.191 e. The van der Waals surface area contributed by atoms with Gasteiger partial charge in [0.25, 0.3) is 0 Å². The molecule has 2 N–H and O–H groups in total. The number of hydrogen-bond acceptors (Lipinski definition) is 2. The Labute approximate surface area is 147 Å². The summed E-state index contributed by atoms with van der Waals surface area (Å²) in [6.07, 6.45) is 3.65. The molecule has 0 saturated carbocycles. The number of aliphatic imine (C=N–C) groups is 1. The van der Waals surface area contributed by atoms with Gasteiger partial charge in [0.15, 0.2) is 5.96 Å². The highest BCUT2D eigenvalue weighted by molar-refractivity contribution is 5.80. The minimum absolute atomic E-state index is 0.467. The highest BCUT2D eigenvalue weighted by Crippen LogP contribution is 2.15. The van der Waals surface area contributed by atoms with E-state index in [0.717, 1.165) is 12.5 Å². The van der Waals surface area contributed by atoms with E-state index in [1.165, 1.54) is 50.0 Å². The molecule has 0 aromatic heterocycles. The smallest absolute Gasteiger partial charge is 0.191 e. The molecular weight excluding hydrogens is 296 g/mol. The minimum atomic E-state index is 0.467. The van der Waals surface area contributed by atoms with Crippen LogP contribution < -0.4 is 10.6 Å². The van der Waals surface area contributed by atoms with E-state index < -0.39 is 0 Å². The molecule has 4 nitrogen and oxygen atoms in total. The first kappa shape index (κ1) is 18.8. The van der Waals surface area contributed by atoms with Crippen molar-refractivity contribution in [3.05, 3.63) is 35.4 Å². The lowest BCUT2D eigenvalue weighted by molar-refractivity contribution is 0.206. The van der Waals surface area contributed by atoms with Gasteiger partial charge in [-0.15, -0.1) is 0 Å². The minimum Gasteiger partial charge on any atom is -0.356 e. The van der Waals surface area contributed by atoms with Gasteiger partial charge in [0.1, 0.15) is 0 Å². The molecule has 0 spiro atoms. The van der Waals surface area contributed by atoms with E-state index in [2.05, 4.69) is 65.6 Å². The molecule has 1 unspecified atom stereocenters. The van der Waals surface area contributed by atoms with Gasteiger partial charge in [-0.2, -0.15) is 0 Å². The lowest BCUT2D eigenvalue weighted by Crippen LogP contribution is -2.49. The van der Waals surface area contributed by atoms with Crippen LogP contribution in [-0.2, 0) is 0 Å². The van der Waals surface area contributed by atoms with Crippen LogP contribution >= 0.6 is 0 Å². The first-order valence-electron chi connectivity index (χ1n) is 9.38. The van der Waals surface area contributed by atoms with Gasteiger partial charge in [0.2, 0.25) is 0 Å². The maximum absolute atomic E-state index is 4.40. The average molecular weight is 331 g/mol. The Hall–Kier alpha value is -1.55. The summed E-state index contributed by atoms with van der Waals surface area (Å²) in [4.78, 5) is 6.97. The fourth-order valence-electron chi connectivity index (χ4n) is 3.35. The van der Waals surface area contributed by atoms with Crippen molar-refractivity contribution in [2.75, 3.05) is 33.2 Å². The van der Waals surface area contributed by atoms with Crippen molar-refractivity contribution in [2.45, 2.75) is 52.0 Å². The molecule has 0 radical (unpaired) electrons. The molecule has 24 heavy (non-hydrogen) atoms. The second-order valence-corrected chi connectivity index (χ2v) is 7.03. The van der Waals surface area contributed by atoms with Crippen molar-refractivity contribution >= 4 is 5.96 Å². The number of hydrogen-bond donors (Lipinski definition) is 2. The highest BCUT2D eigenvalue weighted by Gasteiger charge is 2.19. The van der Waals surface area contributed by atoms with E-state index in [4.69, 9.17) is 0 Å². The first-order valence-corrected chi connectivity index (χ1v) is 9.38. The zero-order valence-corrected chi connectivity index (χ0v) is 15.8. The molecule has 1 aromatic carbocycles. The van der Waals surface area contributed by atoms with E-state index in [-0.39, 0.29) is 0 Å². The fourth-order valence-corrected chi connectivity index (χ4v) is 3.35. The van der Waals surface area contributed by atoms with Crippen molar-refractivity contribution in [1.82, 2.24) is 15.5 Å².